The lowest BCUT2D eigenvalue weighted by Crippen LogP contribution is -1.97. The van der Waals surface area contributed by atoms with Gasteiger partial charge in [-0.3, -0.25) is 9.59 Å². The summed E-state index contributed by atoms with van der Waals surface area (Å²) in [6.45, 7) is 1.85. The third-order valence-electron chi connectivity index (χ3n) is 2.30. The van der Waals surface area contributed by atoms with E-state index in [1.807, 2.05) is 0 Å². The fraction of sp³-hybridized carbons (Fsp3) is 0.769. The molecule has 0 spiro atoms. The van der Waals surface area contributed by atoms with E-state index in [4.69, 9.17) is 15.3 Å². The number of aliphatic carboxylic acids is 2. The van der Waals surface area contributed by atoms with Crippen molar-refractivity contribution in [1.29, 1.82) is 0 Å². The minimum atomic E-state index is -1.21. The van der Waals surface area contributed by atoms with E-state index in [9.17, 15) is 14.4 Å². The van der Waals surface area contributed by atoms with Gasteiger partial charge in [-0.05, 0) is 19.8 Å². The Kier molecular flexibility index (Phi) is 15.7. The van der Waals surface area contributed by atoms with Crippen LogP contribution in [-0.4, -0.2) is 40.0 Å². The minimum absolute atomic E-state index is 0.231. The van der Waals surface area contributed by atoms with Crippen LogP contribution < -0.4 is 0 Å². The maximum Gasteiger partial charge on any atom is 0.505 e. The van der Waals surface area contributed by atoms with Gasteiger partial charge >= 0.3 is 18.1 Å². The highest BCUT2D eigenvalue weighted by molar-refractivity contribution is 5.66. The molecule has 0 aliphatic heterocycles. The first-order valence-corrected chi connectivity index (χ1v) is 6.69. The second kappa shape index (κ2) is 15.3. The summed E-state index contributed by atoms with van der Waals surface area (Å²) >= 11 is 0. The van der Waals surface area contributed by atoms with E-state index in [0.29, 0.717) is 0 Å². The van der Waals surface area contributed by atoms with Gasteiger partial charge in [0.05, 0.1) is 6.61 Å². The Morgan fingerprint density at radius 1 is 0.750 bits per heavy atom. The minimum Gasteiger partial charge on any atom is -0.481 e. The van der Waals surface area contributed by atoms with Crippen LogP contribution in [0, 0.1) is 0 Å². The van der Waals surface area contributed by atoms with Crippen LogP contribution in [0.1, 0.15) is 58.3 Å². The Bertz CT molecular complexity index is 256. The number of hydrogen-bond donors (Lipinski definition) is 3. The van der Waals surface area contributed by atoms with Crippen molar-refractivity contribution in [3.63, 3.8) is 0 Å². The molecule has 20 heavy (non-hydrogen) atoms. The first-order chi connectivity index (χ1) is 9.40. The van der Waals surface area contributed by atoms with Crippen molar-refractivity contribution in [1.82, 2.24) is 0 Å². The van der Waals surface area contributed by atoms with Gasteiger partial charge in [-0.25, -0.2) is 4.79 Å². The van der Waals surface area contributed by atoms with Crippen LogP contribution in [0.5, 0.6) is 0 Å². The monoisotopic (exact) mass is 292 g/mol. The molecule has 0 saturated heterocycles. The Balaban J connectivity index is 0. The van der Waals surface area contributed by atoms with Crippen LogP contribution in [0.3, 0.4) is 0 Å². The molecule has 0 rings (SSSR count). The standard InChI is InChI=1S/C10H18O4.C3H6O3/c11-9(12)7-5-3-1-2-4-6-8-10(13)14;1-2-6-3(4)5/h1-8H2,(H,11,12)(H,13,14);2H2,1H3,(H,4,5). The van der Waals surface area contributed by atoms with E-state index < -0.39 is 18.1 Å². The van der Waals surface area contributed by atoms with Gasteiger partial charge in [0.15, 0.2) is 0 Å². The molecular formula is C13H24O7. The van der Waals surface area contributed by atoms with Gasteiger partial charge < -0.3 is 20.1 Å². The van der Waals surface area contributed by atoms with Gasteiger partial charge in [-0.1, -0.05) is 25.7 Å². The molecular weight excluding hydrogens is 268 g/mol. The van der Waals surface area contributed by atoms with Crippen molar-refractivity contribution in [2.45, 2.75) is 58.3 Å². The van der Waals surface area contributed by atoms with Gasteiger partial charge in [0.1, 0.15) is 0 Å². The average molecular weight is 292 g/mol. The number of carboxylic acids is 2. The maximum absolute atomic E-state index is 10.1. The number of rotatable bonds is 10. The van der Waals surface area contributed by atoms with Gasteiger partial charge in [0.2, 0.25) is 0 Å². The molecule has 7 heteroatoms. The predicted octanol–water partition coefficient (Wildman–Crippen LogP) is 2.98. The zero-order chi connectivity index (χ0) is 15.8. The van der Waals surface area contributed by atoms with Gasteiger partial charge in [0, 0.05) is 12.8 Å². The van der Waals surface area contributed by atoms with Crippen molar-refractivity contribution in [3.8, 4) is 0 Å². The molecule has 0 amide bonds. The fourth-order valence-electron chi connectivity index (χ4n) is 1.38. The van der Waals surface area contributed by atoms with Crippen LogP contribution in [-0.2, 0) is 14.3 Å². The molecule has 0 aromatic carbocycles. The SMILES string of the molecule is CCOC(=O)O.O=C(O)CCCCCCCCC(=O)O. The Morgan fingerprint density at radius 3 is 1.30 bits per heavy atom. The largest absolute Gasteiger partial charge is 0.505 e. The van der Waals surface area contributed by atoms with E-state index in [-0.39, 0.29) is 19.4 Å². The summed E-state index contributed by atoms with van der Waals surface area (Å²) in [5, 5.41) is 24.4. The van der Waals surface area contributed by atoms with Gasteiger partial charge in [-0.15, -0.1) is 0 Å². The molecule has 0 radical (unpaired) electrons. The molecule has 0 unspecified atom stereocenters. The predicted molar refractivity (Wildman–Crippen MR) is 71.9 cm³/mol. The molecule has 0 heterocycles. The van der Waals surface area contributed by atoms with Gasteiger partial charge in [0.25, 0.3) is 0 Å². The zero-order valence-electron chi connectivity index (χ0n) is 11.8. The molecule has 0 atom stereocenters. The van der Waals surface area contributed by atoms with E-state index >= 15 is 0 Å². The molecule has 3 N–H and O–H groups in total. The van der Waals surface area contributed by atoms with E-state index in [0.717, 1.165) is 38.5 Å². The number of unbranched alkanes of at least 4 members (excludes halogenated alkanes) is 5. The second-order valence-corrected chi connectivity index (χ2v) is 4.11. The fourth-order valence-corrected chi connectivity index (χ4v) is 1.38. The first kappa shape index (κ1) is 20.5. The third-order valence-corrected chi connectivity index (χ3v) is 2.30. The molecule has 0 fully saturated rings. The van der Waals surface area contributed by atoms with Crippen LogP contribution >= 0.6 is 0 Å². The molecule has 0 aromatic heterocycles. The lowest BCUT2D eigenvalue weighted by Gasteiger charge is -1.98. The maximum atomic E-state index is 10.1. The van der Waals surface area contributed by atoms with Crippen LogP contribution in [0.4, 0.5) is 4.79 Å². The van der Waals surface area contributed by atoms with Crippen molar-refractivity contribution in [2.75, 3.05) is 6.61 Å². The normalized spacial score (nSPS) is 9.25. The Hall–Kier alpha value is -1.79. The van der Waals surface area contributed by atoms with E-state index in [1.54, 1.807) is 6.92 Å². The first-order valence-electron chi connectivity index (χ1n) is 6.69. The van der Waals surface area contributed by atoms with E-state index in [1.165, 1.54) is 0 Å². The summed E-state index contributed by atoms with van der Waals surface area (Å²) in [4.78, 5) is 29.7. The number of carbonyl (C=O) groups is 3. The van der Waals surface area contributed by atoms with Crippen molar-refractivity contribution in [2.24, 2.45) is 0 Å². The second-order valence-electron chi connectivity index (χ2n) is 4.11. The van der Waals surface area contributed by atoms with Gasteiger partial charge in [-0.2, -0.15) is 0 Å². The number of ether oxygens (including phenoxy) is 1. The zero-order valence-corrected chi connectivity index (χ0v) is 11.8. The number of hydrogen-bond acceptors (Lipinski definition) is 4. The van der Waals surface area contributed by atoms with Crippen molar-refractivity contribution >= 4 is 18.1 Å². The molecule has 0 aromatic rings. The Morgan fingerprint density at radius 2 is 1.10 bits per heavy atom. The average Bonchev–Trinajstić information content (AvgIpc) is 2.32. The lowest BCUT2D eigenvalue weighted by molar-refractivity contribution is -0.138. The van der Waals surface area contributed by atoms with E-state index in [2.05, 4.69) is 4.74 Å². The summed E-state index contributed by atoms with van der Waals surface area (Å²) in [6.07, 6.45) is 4.61. The highest BCUT2D eigenvalue weighted by Crippen LogP contribution is 2.08. The summed E-state index contributed by atoms with van der Waals surface area (Å²) in [5.41, 5.74) is 0. The summed E-state index contributed by atoms with van der Waals surface area (Å²) in [5.74, 6) is -1.48. The topological polar surface area (TPSA) is 121 Å². The molecule has 0 aliphatic rings. The molecule has 0 aliphatic carbocycles. The quantitative estimate of drug-likeness (QED) is 0.418. The molecule has 118 valence electrons. The smallest absolute Gasteiger partial charge is 0.481 e. The van der Waals surface area contributed by atoms with Crippen molar-refractivity contribution in [3.05, 3.63) is 0 Å². The molecule has 0 saturated carbocycles. The van der Waals surface area contributed by atoms with Crippen LogP contribution in [0.25, 0.3) is 0 Å². The number of carboxylic acid groups (broad SMARTS) is 3. The van der Waals surface area contributed by atoms with Crippen LogP contribution in [0.2, 0.25) is 0 Å². The van der Waals surface area contributed by atoms with Crippen molar-refractivity contribution < 1.29 is 34.4 Å². The summed E-state index contributed by atoms with van der Waals surface area (Å²) in [7, 11) is 0. The summed E-state index contributed by atoms with van der Waals surface area (Å²) in [6, 6.07) is 0. The Labute approximate surface area is 118 Å². The summed E-state index contributed by atoms with van der Waals surface area (Å²) < 4.78 is 3.96. The highest BCUT2D eigenvalue weighted by atomic mass is 16.7. The lowest BCUT2D eigenvalue weighted by atomic mass is 10.1. The molecule has 0 bridgehead atoms. The third kappa shape index (κ3) is 25.2. The molecule has 7 nitrogen and oxygen atoms in total. The van der Waals surface area contributed by atoms with Crippen LogP contribution in [0.15, 0.2) is 0 Å². The highest BCUT2D eigenvalue weighted by Gasteiger charge is 1.98.